The number of piperidine rings is 1. The molecule has 0 spiro atoms. The smallest absolute Gasteiger partial charge is 0.405 e. The summed E-state index contributed by atoms with van der Waals surface area (Å²) in [7, 11) is 0. The molecule has 1 saturated carbocycles. The third kappa shape index (κ3) is 5.23. The summed E-state index contributed by atoms with van der Waals surface area (Å²) in [4.78, 5) is 12.1. The van der Waals surface area contributed by atoms with E-state index in [1.165, 1.54) is 12.1 Å². The highest BCUT2D eigenvalue weighted by atomic mass is 19.4. The maximum atomic E-state index is 13.1. The summed E-state index contributed by atoms with van der Waals surface area (Å²) in [5.41, 5.74) is 2.09. The fraction of sp³-hybridized carbons (Fsp3) is 0.414. The van der Waals surface area contributed by atoms with Gasteiger partial charge in [-0.1, -0.05) is 22.4 Å². The molecule has 7 rings (SSSR count). The zero-order valence-corrected chi connectivity index (χ0v) is 22.1. The Morgan fingerprint density at radius 3 is 2.49 bits per heavy atom. The second kappa shape index (κ2) is 10.1. The summed E-state index contributed by atoms with van der Waals surface area (Å²) in [6, 6.07) is 10.5. The molecule has 0 unspecified atom stereocenters. The molecular weight excluding hydrogens is 539 g/mol. The lowest BCUT2D eigenvalue weighted by Gasteiger charge is -2.39. The number of ether oxygens (including phenoxy) is 2. The van der Waals surface area contributed by atoms with E-state index in [4.69, 9.17) is 19.1 Å². The van der Waals surface area contributed by atoms with Crippen molar-refractivity contribution in [3.8, 4) is 17.0 Å². The Labute approximate surface area is 233 Å². The molecular formula is C29H28F3N5O4. The van der Waals surface area contributed by atoms with Crippen molar-refractivity contribution in [2.75, 3.05) is 4.90 Å². The molecule has 0 radical (unpaired) electrons. The van der Waals surface area contributed by atoms with Crippen LogP contribution in [0.3, 0.4) is 0 Å². The van der Waals surface area contributed by atoms with Crippen molar-refractivity contribution in [3.63, 3.8) is 0 Å². The fourth-order valence-corrected chi connectivity index (χ4v) is 6.14. The van der Waals surface area contributed by atoms with Gasteiger partial charge >= 0.3 is 6.36 Å². The maximum Gasteiger partial charge on any atom is 0.573 e. The van der Waals surface area contributed by atoms with Crippen LogP contribution in [-0.2, 0) is 16.2 Å². The molecule has 1 N–H and O–H groups in total. The lowest BCUT2D eigenvalue weighted by atomic mass is 9.99. The van der Waals surface area contributed by atoms with Gasteiger partial charge in [0.25, 0.3) is 0 Å². The van der Waals surface area contributed by atoms with E-state index in [-0.39, 0.29) is 42.0 Å². The van der Waals surface area contributed by atoms with Crippen molar-refractivity contribution >= 4 is 11.7 Å². The van der Waals surface area contributed by atoms with Gasteiger partial charge in [0.15, 0.2) is 5.84 Å². The standard InChI is InChI=1S/C29H28F3N5O4/c1-16-34-28(36-40-16)18-8-11-25(33-14-18)37-19-9-10-20(37)13-21(12-19)38-15-23-26(35-41-27(23)17-6-7-17)22-4-2-3-5-24(22)39-29(30,31)32/h2-5,8,11,14,17,19-21H,1,6-7,9-10,12-13,15H2,(H,34,36)/t19-,20+,21+. The zero-order valence-electron chi connectivity index (χ0n) is 22.1. The highest BCUT2D eigenvalue weighted by Crippen LogP contribution is 2.46. The number of pyridine rings is 1. The highest BCUT2D eigenvalue weighted by molar-refractivity contribution is 6.00. The molecule has 5 heterocycles. The number of anilines is 1. The lowest BCUT2D eigenvalue weighted by molar-refractivity contribution is -0.274. The van der Waals surface area contributed by atoms with Gasteiger partial charge in [0.1, 0.15) is 23.0 Å². The van der Waals surface area contributed by atoms with Crippen molar-refractivity contribution in [3.05, 3.63) is 71.9 Å². The molecule has 12 heteroatoms. The van der Waals surface area contributed by atoms with E-state index in [1.54, 1.807) is 18.3 Å². The van der Waals surface area contributed by atoms with Crippen LogP contribution in [0.1, 0.15) is 61.3 Å². The van der Waals surface area contributed by atoms with Gasteiger partial charge in [-0.2, -0.15) is 0 Å². The second-order valence-corrected chi connectivity index (χ2v) is 10.9. The molecule has 0 amide bonds. The number of nitrogens with zero attached hydrogens (tertiary/aromatic N) is 4. The Bertz CT molecular complexity index is 1470. The SMILES string of the molecule is C=C1NC(c2ccc(N3[C@@H]4CC[C@H]3C[C@@H](OCc3c(-c5ccccc5OC(F)(F)F)noc3C3CC3)C4)nc2)=NO1. The molecule has 41 heavy (non-hydrogen) atoms. The second-order valence-electron chi connectivity index (χ2n) is 10.9. The molecule has 3 fully saturated rings. The normalized spacial score (nSPS) is 23.8. The molecule has 3 aromatic rings. The number of para-hydroxylation sites is 1. The predicted octanol–water partition coefficient (Wildman–Crippen LogP) is 5.98. The average molecular weight is 568 g/mol. The van der Waals surface area contributed by atoms with E-state index >= 15 is 0 Å². The van der Waals surface area contributed by atoms with Crippen molar-refractivity contribution in [1.82, 2.24) is 15.5 Å². The van der Waals surface area contributed by atoms with E-state index < -0.39 is 6.36 Å². The highest BCUT2D eigenvalue weighted by Gasteiger charge is 2.42. The van der Waals surface area contributed by atoms with Crippen LogP contribution in [0.5, 0.6) is 5.75 Å². The van der Waals surface area contributed by atoms with Gasteiger partial charge in [0, 0.05) is 40.9 Å². The van der Waals surface area contributed by atoms with Gasteiger partial charge in [-0.15, -0.1) is 13.2 Å². The van der Waals surface area contributed by atoms with Crippen LogP contribution in [0.2, 0.25) is 0 Å². The minimum absolute atomic E-state index is 0.000277. The molecule has 1 aliphatic carbocycles. The number of rotatable bonds is 8. The minimum atomic E-state index is -4.82. The Morgan fingerprint density at radius 1 is 1.05 bits per heavy atom. The largest absolute Gasteiger partial charge is 0.573 e. The zero-order chi connectivity index (χ0) is 28.1. The molecule has 1 aromatic carbocycles. The topological polar surface area (TPSA) is 94.2 Å². The number of halogens is 3. The third-order valence-electron chi connectivity index (χ3n) is 8.08. The molecule has 3 atom stereocenters. The number of nitrogens with one attached hydrogen (secondary N) is 1. The summed E-state index contributed by atoms with van der Waals surface area (Å²) in [6.45, 7) is 3.91. The van der Waals surface area contributed by atoms with Crippen molar-refractivity contribution in [1.29, 1.82) is 0 Å². The van der Waals surface area contributed by atoms with Crippen LogP contribution in [0.25, 0.3) is 11.3 Å². The van der Waals surface area contributed by atoms with Gasteiger partial charge in [-0.3, -0.25) is 0 Å². The number of aromatic nitrogens is 2. The first-order chi connectivity index (χ1) is 19.8. The maximum absolute atomic E-state index is 13.1. The van der Waals surface area contributed by atoms with Crippen LogP contribution in [0, 0.1) is 0 Å². The van der Waals surface area contributed by atoms with Crippen LogP contribution in [0.15, 0.2) is 64.7 Å². The van der Waals surface area contributed by atoms with E-state index in [2.05, 4.69) is 31.8 Å². The third-order valence-corrected chi connectivity index (χ3v) is 8.08. The minimum Gasteiger partial charge on any atom is -0.405 e. The molecule has 2 aromatic heterocycles. The monoisotopic (exact) mass is 567 g/mol. The van der Waals surface area contributed by atoms with Gasteiger partial charge in [0.2, 0.25) is 5.88 Å². The summed E-state index contributed by atoms with van der Waals surface area (Å²) in [5, 5.41) is 11.1. The van der Waals surface area contributed by atoms with Crippen molar-refractivity contribution in [2.45, 2.75) is 75.6 Å². The summed E-state index contributed by atoms with van der Waals surface area (Å²) >= 11 is 0. The van der Waals surface area contributed by atoms with E-state index in [0.29, 0.717) is 28.7 Å². The van der Waals surface area contributed by atoms with E-state index in [0.717, 1.165) is 49.9 Å². The first-order valence-corrected chi connectivity index (χ1v) is 13.7. The predicted molar refractivity (Wildman–Crippen MR) is 142 cm³/mol. The van der Waals surface area contributed by atoms with E-state index in [1.807, 2.05) is 12.1 Å². The van der Waals surface area contributed by atoms with Crippen molar-refractivity contribution in [2.24, 2.45) is 5.16 Å². The van der Waals surface area contributed by atoms with Gasteiger partial charge in [-0.05, 0) is 69.4 Å². The van der Waals surface area contributed by atoms with Crippen LogP contribution >= 0.6 is 0 Å². The summed E-state index contributed by atoms with van der Waals surface area (Å²) < 4.78 is 55.7. The summed E-state index contributed by atoms with van der Waals surface area (Å²) in [6.07, 6.45) is 2.63. The van der Waals surface area contributed by atoms with Crippen LogP contribution < -0.4 is 15.0 Å². The molecule has 4 aliphatic rings. The summed E-state index contributed by atoms with van der Waals surface area (Å²) in [5.74, 6) is 2.47. The van der Waals surface area contributed by atoms with Gasteiger partial charge in [-0.25, -0.2) is 4.98 Å². The van der Waals surface area contributed by atoms with Gasteiger partial charge < -0.3 is 29.1 Å². The Balaban J connectivity index is 1.06. The number of fused-ring (bicyclic) bond motifs is 2. The van der Waals surface area contributed by atoms with Crippen molar-refractivity contribution < 1.29 is 32.0 Å². The molecule has 3 aliphatic heterocycles. The number of alkyl halides is 3. The van der Waals surface area contributed by atoms with Gasteiger partial charge in [0.05, 0.1) is 12.7 Å². The quantitative estimate of drug-likeness (QED) is 0.355. The number of hydrogen-bond acceptors (Lipinski definition) is 9. The molecule has 2 saturated heterocycles. The Hall–Kier alpha value is -4.06. The molecule has 2 bridgehead atoms. The lowest BCUT2D eigenvalue weighted by Crippen LogP contribution is -2.46. The van der Waals surface area contributed by atoms with Crippen LogP contribution in [-0.4, -0.2) is 40.5 Å². The first kappa shape index (κ1) is 25.9. The van der Waals surface area contributed by atoms with Crippen LogP contribution in [0.4, 0.5) is 19.0 Å². The number of amidine groups is 1. The number of hydrogen-bond donors (Lipinski definition) is 1. The Kier molecular flexibility index (Phi) is 6.37. The van der Waals surface area contributed by atoms with E-state index in [9.17, 15) is 13.2 Å². The average Bonchev–Trinajstić information content (AvgIpc) is 3.46. The first-order valence-electron chi connectivity index (χ1n) is 13.7. The molecule has 9 nitrogen and oxygen atoms in total. The number of benzene rings is 1. The molecule has 214 valence electrons. The fourth-order valence-electron chi connectivity index (χ4n) is 6.14. The Morgan fingerprint density at radius 2 is 1.83 bits per heavy atom. The number of oxime groups is 1.